The van der Waals surface area contributed by atoms with Crippen molar-refractivity contribution in [2.75, 3.05) is 18.9 Å². The van der Waals surface area contributed by atoms with Gasteiger partial charge < -0.3 is 10.2 Å². The van der Waals surface area contributed by atoms with Crippen LogP contribution in [0.25, 0.3) is 0 Å². The smallest absolute Gasteiger partial charge is 0.255 e. The molecule has 0 saturated carbocycles. The Morgan fingerprint density at radius 3 is 3.06 bits per heavy atom. The molecule has 0 bridgehead atoms. The summed E-state index contributed by atoms with van der Waals surface area (Å²) in [6.07, 6.45) is 4.77. The van der Waals surface area contributed by atoms with Crippen LogP contribution in [0.3, 0.4) is 0 Å². The SMILES string of the molecule is CCC1CCCN1C(=O)c1cnc(NC)c(Cl)c1. The number of rotatable bonds is 3. The van der Waals surface area contributed by atoms with E-state index < -0.39 is 0 Å². The standard InChI is InChI=1S/C13H18ClN3O/c1-3-10-5-4-6-17(10)13(18)9-7-11(14)12(15-2)16-8-9/h7-8,10H,3-6H2,1-2H3,(H,15,16). The van der Waals surface area contributed by atoms with E-state index in [9.17, 15) is 4.79 Å². The number of hydrogen-bond acceptors (Lipinski definition) is 3. The molecule has 98 valence electrons. The molecule has 0 aromatic carbocycles. The van der Waals surface area contributed by atoms with Crippen molar-refractivity contribution in [1.29, 1.82) is 0 Å². The fraction of sp³-hybridized carbons (Fsp3) is 0.538. The number of anilines is 1. The van der Waals surface area contributed by atoms with Gasteiger partial charge in [0.1, 0.15) is 5.82 Å². The second kappa shape index (κ2) is 5.57. The van der Waals surface area contributed by atoms with Gasteiger partial charge in [0.25, 0.3) is 5.91 Å². The van der Waals surface area contributed by atoms with Gasteiger partial charge in [-0.1, -0.05) is 18.5 Å². The van der Waals surface area contributed by atoms with Crippen LogP contribution in [0.2, 0.25) is 5.02 Å². The zero-order valence-electron chi connectivity index (χ0n) is 10.7. The summed E-state index contributed by atoms with van der Waals surface area (Å²) in [7, 11) is 1.75. The van der Waals surface area contributed by atoms with Gasteiger partial charge in [0.15, 0.2) is 0 Å². The predicted octanol–water partition coefficient (Wildman–Crippen LogP) is 2.79. The zero-order valence-corrected chi connectivity index (χ0v) is 11.5. The summed E-state index contributed by atoms with van der Waals surface area (Å²) in [4.78, 5) is 18.5. The van der Waals surface area contributed by atoms with Crippen LogP contribution in [-0.2, 0) is 0 Å². The Morgan fingerprint density at radius 2 is 2.44 bits per heavy atom. The molecule has 1 aliphatic rings. The number of nitrogens with one attached hydrogen (secondary N) is 1. The highest BCUT2D eigenvalue weighted by Gasteiger charge is 2.28. The molecule has 1 aromatic rings. The molecule has 0 radical (unpaired) electrons. The molecular formula is C13H18ClN3O. The van der Waals surface area contributed by atoms with E-state index >= 15 is 0 Å². The molecule has 4 nitrogen and oxygen atoms in total. The largest absolute Gasteiger partial charge is 0.372 e. The average molecular weight is 268 g/mol. The van der Waals surface area contributed by atoms with E-state index in [1.165, 1.54) is 0 Å². The molecule has 5 heteroatoms. The van der Waals surface area contributed by atoms with Crippen LogP contribution in [0.4, 0.5) is 5.82 Å². The summed E-state index contributed by atoms with van der Waals surface area (Å²) >= 11 is 6.05. The maximum atomic E-state index is 12.4. The summed E-state index contributed by atoms with van der Waals surface area (Å²) in [5.41, 5.74) is 0.569. The number of amides is 1. The van der Waals surface area contributed by atoms with E-state index in [4.69, 9.17) is 11.6 Å². The molecular weight excluding hydrogens is 250 g/mol. The highest BCUT2D eigenvalue weighted by molar-refractivity contribution is 6.33. The Bertz CT molecular complexity index is 450. The van der Waals surface area contributed by atoms with E-state index in [0.29, 0.717) is 22.4 Å². The molecule has 2 heterocycles. The van der Waals surface area contributed by atoms with Gasteiger partial charge in [-0.3, -0.25) is 4.79 Å². The van der Waals surface area contributed by atoms with E-state index in [1.54, 1.807) is 19.3 Å². The molecule has 0 spiro atoms. The van der Waals surface area contributed by atoms with E-state index in [-0.39, 0.29) is 5.91 Å². The van der Waals surface area contributed by atoms with Gasteiger partial charge in [0.05, 0.1) is 10.6 Å². The molecule has 1 fully saturated rings. The summed E-state index contributed by atoms with van der Waals surface area (Å²) in [6, 6.07) is 2.05. The minimum Gasteiger partial charge on any atom is -0.372 e. The summed E-state index contributed by atoms with van der Waals surface area (Å²) in [5.74, 6) is 0.637. The zero-order chi connectivity index (χ0) is 13.1. The first kappa shape index (κ1) is 13.1. The van der Waals surface area contributed by atoms with Gasteiger partial charge in [0, 0.05) is 25.8 Å². The number of nitrogens with zero attached hydrogens (tertiary/aromatic N) is 2. The minimum absolute atomic E-state index is 0.0383. The summed E-state index contributed by atoms with van der Waals surface area (Å²) in [6.45, 7) is 2.95. The molecule has 1 unspecified atom stereocenters. The third-order valence-electron chi connectivity index (χ3n) is 3.43. The molecule has 1 aromatic heterocycles. The lowest BCUT2D eigenvalue weighted by atomic mass is 10.1. The number of carbonyl (C=O) groups excluding carboxylic acids is 1. The molecule has 1 N–H and O–H groups in total. The van der Waals surface area contributed by atoms with Crippen molar-refractivity contribution >= 4 is 23.3 Å². The lowest BCUT2D eigenvalue weighted by molar-refractivity contribution is 0.0733. The predicted molar refractivity (Wildman–Crippen MR) is 73.1 cm³/mol. The Kier molecular flexibility index (Phi) is 4.07. The van der Waals surface area contributed by atoms with Crippen LogP contribution in [0.15, 0.2) is 12.3 Å². The Morgan fingerprint density at radius 1 is 1.67 bits per heavy atom. The van der Waals surface area contributed by atoms with Crippen LogP contribution >= 0.6 is 11.6 Å². The van der Waals surface area contributed by atoms with Gasteiger partial charge >= 0.3 is 0 Å². The molecule has 1 amide bonds. The van der Waals surface area contributed by atoms with Gasteiger partial charge in [-0.2, -0.15) is 0 Å². The molecule has 18 heavy (non-hydrogen) atoms. The van der Waals surface area contributed by atoms with Crippen LogP contribution in [0, 0.1) is 0 Å². The van der Waals surface area contributed by atoms with E-state index in [0.717, 1.165) is 25.8 Å². The quantitative estimate of drug-likeness (QED) is 0.916. The fourth-order valence-electron chi connectivity index (χ4n) is 2.43. The monoisotopic (exact) mass is 267 g/mol. The van der Waals surface area contributed by atoms with Crippen molar-refractivity contribution in [2.45, 2.75) is 32.2 Å². The number of aromatic nitrogens is 1. The highest BCUT2D eigenvalue weighted by atomic mass is 35.5. The topological polar surface area (TPSA) is 45.2 Å². The van der Waals surface area contributed by atoms with Crippen LogP contribution < -0.4 is 5.32 Å². The Labute approximate surface area is 112 Å². The van der Waals surface area contributed by atoms with Gasteiger partial charge in [-0.05, 0) is 25.3 Å². The van der Waals surface area contributed by atoms with Crippen LogP contribution in [0.5, 0.6) is 0 Å². The minimum atomic E-state index is 0.0383. The molecule has 1 aliphatic heterocycles. The first-order valence-electron chi connectivity index (χ1n) is 6.31. The first-order chi connectivity index (χ1) is 8.67. The van der Waals surface area contributed by atoms with Crippen molar-refractivity contribution in [3.8, 4) is 0 Å². The number of halogens is 1. The second-order valence-electron chi connectivity index (χ2n) is 4.51. The van der Waals surface area contributed by atoms with Crippen molar-refractivity contribution in [2.24, 2.45) is 0 Å². The van der Waals surface area contributed by atoms with Crippen molar-refractivity contribution in [3.63, 3.8) is 0 Å². The van der Waals surface area contributed by atoms with E-state index in [1.807, 2.05) is 4.90 Å². The van der Waals surface area contributed by atoms with E-state index in [2.05, 4.69) is 17.2 Å². The number of likely N-dealkylation sites (tertiary alicyclic amines) is 1. The Hall–Kier alpha value is -1.29. The highest BCUT2D eigenvalue weighted by Crippen LogP contribution is 2.25. The number of hydrogen-bond donors (Lipinski definition) is 1. The molecule has 2 rings (SSSR count). The van der Waals surface area contributed by atoms with Gasteiger partial charge in [0.2, 0.25) is 0 Å². The lowest BCUT2D eigenvalue weighted by Crippen LogP contribution is -2.35. The third-order valence-corrected chi connectivity index (χ3v) is 3.72. The third kappa shape index (κ3) is 2.43. The number of pyridine rings is 1. The molecule has 1 atom stereocenters. The van der Waals surface area contributed by atoms with Crippen molar-refractivity contribution in [3.05, 3.63) is 22.8 Å². The lowest BCUT2D eigenvalue weighted by Gasteiger charge is -2.23. The van der Waals surface area contributed by atoms with Crippen molar-refractivity contribution < 1.29 is 4.79 Å². The maximum Gasteiger partial charge on any atom is 0.255 e. The maximum absolute atomic E-state index is 12.4. The van der Waals surface area contributed by atoms with Gasteiger partial charge in [-0.25, -0.2) is 4.98 Å². The fourth-order valence-corrected chi connectivity index (χ4v) is 2.69. The second-order valence-corrected chi connectivity index (χ2v) is 4.91. The normalized spacial score (nSPS) is 19.1. The first-order valence-corrected chi connectivity index (χ1v) is 6.69. The summed E-state index contributed by atoms with van der Waals surface area (Å²) in [5, 5.41) is 3.36. The van der Waals surface area contributed by atoms with Gasteiger partial charge in [-0.15, -0.1) is 0 Å². The average Bonchev–Trinajstić information content (AvgIpc) is 2.86. The van der Waals surface area contributed by atoms with Crippen molar-refractivity contribution in [1.82, 2.24) is 9.88 Å². The van der Waals surface area contributed by atoms with Crippen LogP contribution in [0.1, 0.15) is 36.5 Å². The van der Waals surface area contributed by atoms with Crippen LogP contribution in [-0.4, -0.2) is 35.4 Å². The summed E-state index contributed by atoms with van der Waals surface area (Å²) < 4.78 is 0. The number of carbonyl (C=O) groups is 1. The molecule has 0 aliphatic carbocycles. The Balaban J connectivity index is 2.21. The molecule has 1 saturated heterocycles.